The van der Waals surface area contributed by atoms with Crippen molar-refractivity contribution in [2.75, 3.05) is 0 Å². The Balaban J connectivity index is 0.000000130. The van der Waals surface area contributed by atoms with Gasteiger partial charge in [-0.05, 0) is 159 Å². The summed E-state index contributed by atoms with van der Waals surface area (Å²) >= 11 is 0. The third-order valence-electron chi connectivity index (χ3n) is 17.3. The summed E-state index contributed by atoms with van der Waals surface area (Å²) in [6.07, 6.45) is 14.2. The summed E-state index contributed by atoms with van der Waals surface area (Å²) in [6, 6.07) is 35.9. The zero-order valence-corrected chi connectivity index (χ0v) is 59.8. The van der Waals surface area contributed by atoms with Gasteiger partial charge in [0.15, 0.2) is 40.8 Å². The van der Waals surface area contributed by atoms with Crippen LogP contribution in [-0.4, -0.2) is 112 Å². The third kappa shape index (κ3) is 17.7. The van der Waals surface area contributed by atoms with Gasteiger partial charge in [-0.2, -0.15) is 40.8 Å². The van der Waals surface area contributed by atoms with Gasteiger partial charge in [0.2, 0.25) is 0 Å². The molecule has 24 nitrogen and oxygen atoms in total. The minimum Gasteiger partial charge on any atom is -0.382 e. The first kappa shape index (κ1) is 75.7. The fourth-order valence-corrected chi connectivity index (χ4v) is 11.1. The quantitative estimate of drug-likeness (QED) is 0.0377. The van der Waals surface area contributed by atoms with Gasteiger partial charge < -0.3 is 21.7 Å². The molecule has 111 heavy (non-hydrogen) atoms. The lowest BCUT2D eigenvalue weighted by Crippen LogP contribution is -2.18. The molecule has 0 aliphatic rings. The van der Waals surface area contributed by atoms with Crippen molar-refractivity contribution in [1.82, 2.24) is 102 Å². The maximum Gasteiger partial charge on any atom is 0.184 e. The van der Waals surface area contributed by atoms with Crippen LogP contribution in [0.5, 0.6) is 0 Å². The highest BCUT2D eigenvalue weighted by atomic mass is 19.2. The third-order valence-corrected chi connectivity index (χ3v) is 17.3. The number of fused-ring (bicyclic) bond motifs is 4. The van der Waals surface area contributed by atoms with Gasteiger partial charge in [-0.3, -0.25) is 40.8 Å². The second-order valence-corrected chi connectivity index (χ2v) is 26.7. The molecule has 0 spiro atoms. The van der Waals surface area contributed by atoms with Crippen LogP contribution in [0.3, 0.4) is 0 Å². The van der Waals surface area contributed by atoms with Crippen LogP contribution in [0.4, 0.5) is 35.1 Å². The van der Waals surface area contributed by atoms with Crippen molar-refractivity contribution < 1.29 is 45.3 Å². The number of aliphatic hydroxyl groups is 2. The fourth-order valence-electron chi connectivity index (χ4n) is 11.1. The van der Waals surface area contributed by atoms with E-state index >= 15 is 0 Å². The number of nitrogens with two attached hydrogens (primary N) is 2. The zero-order chi connectivity index (χ0) is 78.4. The molecule has 0 aliphatic heterocycles. The first-order valence-corrected chi connectivity index (χ1v) is 34.2. The van der Waals surface area contributed by atoms with E-state index in [-0.39, 0.29) is 98.9 Å². The van der Waals surface area contributed by atoms with E-state index in [4.69, 9.17) is 11.5 Å². The topological polar surface area (TPSA) is 374 Å². The first-order valence-electron chi connectivity index (χ1n) is 34.2. The molecule has 8 aromatic heterocycles. The van der Waals surface area contributed by atoms with Gasteiger partial charge in [0.05, 0.1) is 68.6 Å². The van der Waals surface area contributed by atoms with Crippen LogP contribution < -0.4 is 11.5 Å². The van der Waals surface area contributed by atoms with Crippen LogP contribution in [0.2, 0.25) is 0 Å². The number of hydrogen-bond acceptors (Lipinski definition) is 16. The normalized spacial score (nSPS) is 12.4. The molecule has 562 valence electrons. The number of nitrogens with zero attached hydrogens (tertiary/aromatic N) is 12. The molecular weight excluding hydrogens is 1440 g/mol. The number of H-pyrrole nitrogens is 8. The Morgan fingerprint density at radius 2 is 0.748 bits per heavy atom. The van der Waals surface area contributed by atoms with Crippen molar-refractivity contribution in [3.63, 3.8) is 0 Å². The van der Waals surface area contributed by atoms with Crippen LogP contribution in [0.15, 0.2) is 146 Å². The number of aromatic nitrogens is 20. The summed E-state index contributed by atoms with van der Waals surface area (Å²) < 4.78 is 110. The van der Waals surface area contributed by atoms with Crippen LogP contribution in [-0.2, 0) is 17.7 Å². The summed E-state index contributed by atoms with van der Waals surface area (Å²) in [6.45, 7) is 10.4. The van der Waals surface area contributed by atoms with Crippen molar-refractivity contribution in [3.05, 3.63) is 260 Å². The van der Waals surface area contributed by atoms with Gasteiger partial charge in [0.25, 0.3) is 0 Å². The molecule has 1 atom stereocenters. The maximum absolute atomic E-state index is 14.6. The molecule has 8 heterocycles. The molecule has 0 amide bonds. The number of hydrogen-bond donors (Lipinski definition) is 12. The van der Waals surface area contributed by atoms with Gasteiger partial charge in [0.1, 0.15) is 69.1 Å². The molecule has 16 rings (SSSR count). The highest BCUT2D eigenvalue weighted by Crippen LogP contribution is 2.34. The Hall–Kier alpha value is -13.6. The maximum atomic E-state index is 14.6. The number of nitrogens with one attached hydrogen (secondary N) is 8. The molecule has 0 radical (unpaired) electrons. The van der Waals surface area contributed by atoms with E-state index in [9.17, 15) is 45.3 Å². The lowest BCUT2D eigenvalue weighted by Gasteiger charge is -2.11. The second-order valence-electron chi connectivity index (χ2n) is 26.7. The predicted octanol–water partition coefficient (Wildman–Crippen LogP) is 15.8. The summed E-state index contributed by atoms with van der Waals surface area (Å²) in [7, 11) is 0. The van der Waals surface area contributed by atoms with Crippen molar-refractivity contribution in [2.45, 2.75) is 65.3 Å². The smallest absolute Gasteiger partial charge is 0.184 e. The average molecular weight is 1510 g/mol. The zero-order valence-electron chi connectivity index (χ0n) is 59.8. The van der Waals surface area contributed by atoms with Gasteiger partial charge >= 0.3 is 0 Å². The van der Waals surface area contributed by atoms with Gasteiger partial charge in [-0.15, -0.1) is 0 Å². The Bertz CT molecular complexity index is 6090. The molecule has 0 saturated carbocycles. The molecule has 0 unspecified atom stereocenters. The minimum absolute atomic E-state index is 0.145. The SMILES string of the molecule is CC(C)(O)c1nc(-c2cc(F)c3n[nH]c(/C=C/c4ccc(F)cc4)c3c2)n[nH]1.CC(C)(O)c1nc(-c2cc3c(/C=C/c4ccc(F)cc4)n[nH]c3cc2F)n[nH]1.CC(C)[C@H](N)c1nc(-c2cc3c(/C=C/c4ccc(F)cc4)n[nH]c3cc2F)n[nH]1.NCc1nc(-c2cc3c(/C=C/c4ccc(F)cc4)n[nH]c3cc2F)n[nH]1. The largest absolute Gasteiger partial charge is 0.382 e. The molecule has 0 fully saturated rings. The molecular formula is C79H68F8N22O2. The first-order chi connectivity index (χ1) is 53.2. The van der Waals surface area contributed by atoms with E-state index in [1.807, 2.05) is 19.9 Å². The lowest BCUT2D eigenvalue weighted by atomic mass is 10.1. The second kappa shape index (κ2) is 32.1. The van der Waals surface area contributed by atoms with E-state index in [1.165, 1.54) is 72.8 Å². The number of aromatic amines is 8. The molecule has 0 aliphatic carbocycles. The molecule has 8 aromatic carbocycles. The highest BCUT2D eigenvalue weighted by molar-refractivity contribution is 5.96. The highest BCUT2D eigenvalue weighted by Gasteiger charge is 2.26. The number of benzene rings is 8. The Labute approximate surface area is 625 Å². The summed E-state index contributed by atoms with van der Waals surface area (Å²) in [5, 5.41) is 77.6. The predicted molar refractivity (Wildman–Crippen MR) is 407 cm³/mol. The monoisotopic (exact) mass is 1510 g/mol. The molecule has 32 heteroatoms. The summed E-state index contributed by atoms with van der Waals surface area (Å²) in [5.74, 6) is -0.580. The van der Waals surface area contributed by atoms with Crippen molar-refractivity contribution in [1.29, 1.82) is 0 Å². The Kier molecular flexibility index (Phi) is 21.9. The van der Waals surface area contributed by atoms with E-state index in [1.54, 1.807) is 143 Å². The Morgan fingerprint density at radius 3 is 1.14 bits per heavy atom. The molecule has 0 saturated heterocycles. The van der Waals surface area contributed by atoms with Crippen molar-refractivity contribution >= 4 is 92.2 Å². The van der Waals surface area contributed by atoms with Crippen LogP contribution in [0.25, 0.3) is 138 Å². The summed E-state index contributed by atoms with van der Waals surface area (Å²) in [4.78, 5) is 17.0. The fraction of sp³-hybridized carbons (Fsp3) is 0.139. The molecule has 0 bridgehead atoms. The molecule has 16 aromatic rings. The van der Waals surface area contributed by atoms with E-state index in [0.29, 0.717) is 67.3 Å². The van der Waals surface area contributed by atoms with Crippen molar-refractivity contribution in [2.24, 2.45) is 17.4 Å². The lowest BCUT2D eigenvalue weighted by molar-refractivity contribution is 0.0687. The minimum atomic E-state index is -1.22. The van der Waals surface area contributed by atoms with Crippen LogP contribution in [0, 0.1) is 52.5 Å². The van der Waals surface area contributed by atoms with Crippen LogP contribution in [0.1, 0.15) is 116 Å². The van der Waals surface area contributed by atoms with E-state index < -0.39 is 34.5 Å². The van der Waals surface area contributed by atoms with E-state index in [2.05, 4.69) is 102 Å². The standard InChI is InChI=1S/C21H20F2N6.2C20H17F2N5O.C18H14F2N6/c1-11(2)19(24)21-25-20(28-29-21)14-9-15-17(26-27-18(15)10-16(14)23)8-5-12-3-6-13(22)7-4-12;1-20(2,28)19-23-18(26-27-19)12-9-14-16(24-25-17(14)15(22)10-12)8-5-11-3-6-13(21)7-4-11;1-20(2,28)19-23-18(26-27-19)13-9-14-16(24-25-17(14)10-15(13)22)8-5-11-3-6-12(21)7-4-11;19-11-4-1-10(2-5-11)3-6-15-13-7-12(14(20)8-16(13)24-23-15)18-22-17(9-21)25-26-18/h3-11,19H,24H2,1-2H3,(H,26,27)(H,25,28,29);2*3-10,28H,1-2H3,(H,24,25)(H,23,26,27);1-8H,9,21H2,(H,23,24)(H,22,25,26)/b3*8-5+;6-3+/t19-;;;/m0.../s1. The van der Waals surface area contributed by atoms with Crippen molar-refractivity contribution in [3.8, 4) is 45.6 Å². The molecule has 14 N–H and O–H groups in total. The van der Waals surface area contributed by atoms with Gasteiger partial charge in [0, 0.05) is 45.3 Å². The van der Waals surface area contributed by atoms with Gasteiger partial charge in [-0.25, -0.2) is 55.1 Å². The summed E-state index contributed by atoms with van der Waals surface area (Å²) in [5.41, 5.74) is 17.9. The number of halogens is 8. The average Bonchev–Trinajstić information content (AvgIpc) is 1.66. The van der Waals surface area contributed by atoms with Gasteiger partial charge in [-0.1, -0.05) is 86.7 Å². The number of rotatable bonds is 17. The Morgan fingerprint density at radius 1 is 0.378 bits per heavy atom. The van der Waals surface area contributed by atoms with Crippen LogP contribution >= 0.6 is 0 Å². The van der Waals surface area contributed by atoms with E-state index in [0.717, 1.165) is 33.0 Å².